The van der Waals surface area contributed by atoms with Gasteiger partial charge in [0.25, 0.3) is 5.91 Å². The van der Waals surface area contributed by atoms with Crippen LogP contribution in [0.3, 0.4) is 0 Å². The van der Waals surface area contributed by atoms with Gasteiger partial charge in [-0.05, 0) is 45.4 Å². The number of rotatable bonds is 8. The number of aromatic nitrogens is 3. The number of amides is 2. The molecule has 0 aliphatic heterocycles. The lowest BCUT2D eigenvalue weighted by Gasteiger charge is -2.11. The van der Waals surface area contributed by atoms with Gasteiger partial charge in [-0.1, -0.05) is 29.5 Å². The number of carbonyl (C=O) groups excluding carboxylic acids is 2. The lowest BCUT2D eigenvalue weighted by molar-refractivity contribution is -0.115. The quantitative estimate of drug-likeness (QED) is 0.471. The molecule has 10 heteroatoms. The summed E-state index contributed by atoms with van der Waals surface area (Å²) in [4.78, 5) is 26.6. The lowest BCUT2D eigenvalue weighted by atomic mass is 10.1. The van der Waals surface area contributed by atoms with Gasteiger partial charge in [0.1, 0.15) is 10.8 Å². The van der Waals surface area contributed by atoms with E-state index in [1.807, 2.05) is 25.5 Å². The van der Waals surface area contributed by atoms with Crippen LogP contribution in [-0.2, 0) is 17.6 Å². The maximum Gasteiger partial charge on any atom is 0.251 e. The summed E-state index contributed by atoms with van der Waals surface area (Å²) < 4.78 is 1.91. The van der Waals surface area contributed by atoms with Crippen LogP contribution in [0.2, 0.25) is 0 Å². The number of nitrogens with one attached hydrogen (secondary N) is 1. The number of primary amides is 1. The Kier molecular flexibility index (Phi) is 7.45. The number of nitrogens with two attached hydrogens (primary N) is 1. The van der Waals surface area contributed by atoms with Gasteiger partial charge >= 0.3 is 0 Å². The van der Waals surface area contributed by atoms with Crippen LogP contribution in [0.1, 0.15) is 39.1 Å². The molecule has 31 heavy (non-hydrogen) atoms. The van der Waals surface area contributed by atoms with Gasteiger partial charge in [0, 0.05) is 16.8 Å². The summed E-state index contributed by atoms with van der Waals surface area (Å²) in [6, 6.07) is 8.35. The minimum Gasteiger partial charge on any atom is -0.365 e. The Hall–Kier alpha value is -2.30. The molecule has 0 aliphatic rings. The number of hydrogen-bond donors (Lipinski definition) is 2. The van der Waals surface area contributed by atoms with Crippen molar-refractivity contribution in [2.24, 2.45) is 12.8 Å². The van der Waals surface area contributed by atoms with Crippen LogP contribution in [0.4, 0.5) is 5.00 Å². The van der Waals surface area contributed by atoms with Gasteiger partial charge in [-0.2, -0.15) is 0 Å². The van der Waals surface area contributed by atoms with Gasteiger partial charge in [0.15, 0.2) is 5.16 Å². The minimum atomic E-state index is -0.540. The highest BCUT2D eigenvalue weighted by atomic mass is 32.2. The minimum absolute atomic E-state index is 0.215. The third-order valence-electron chi connectivity index (χ3n) is 4.83. The first-order chi connectivity index (χ1) is 14.7. The van der Waals surface area contributed by atoms with E-state index in [0.29, 0.717) is 21.5 Å². The molecule has 0 saturated carbocycles. The third-order valence-corrected chi connectivity index (χ3v) is 8.10. The fraction of sp³-hybridized carbons (Fsp3) is 0.333. The van der Waals surface area contributed by atoms with Gasteiger partial charge in [0.2, 0.25) is 5.91 Å². The number of nitrogens with zero attached hydrogens (tertiary/aromatic N) is 3. The topological polar surface area (TPSA) is 103 Å². The molecule has 1 unspecified atom stereocenters. The second-order valence-electron chi connectivity index (χ2n) is 7.16. The fourth-order valence-corrected chi connectivity index (χ4v) is 5.57. The van der Waals surface area contributed by atoms with Crippen molar-refractivity contribution in [2.75, 3.05) is 5.32 Å². The smallest absolute Gasteiger partial charge is 0.251 e. The summed E-state index contributed by atoms with van der Waals surface area (Å²) in [5.74, 6) is 0.763. The average Bonchev–Trinajstić information content (AvgIpc) is 3.20. The van der Waals surface area contributed by atoms with Gasteiger partial charge in [-0.15, -0.1) is 33.3 Å². The van der Waals surface area contributed by atoms with Crippen LogP contribution in [0.15, 0.2) is 34.3 Å². The summed E-state index contributed by atoms with van der Waals surface area (Å²) in [6.45, 7) is 7.59. The summed E-state index contributed by atoms with van der Waals surface area (Å²) in [7, 11) is 1.90. The van der Waals surface area contributed by atoms with Crippen LogP contribution in [0.25, 0.3) is 0 Å². The van der Waals surface area contributed by atoms with Crippen LogP contribution in [0, 0.1) is 20.8 Å². The first-order valence-electron chi connectivity index (χ1n) is 9.62. The van der Waals surface area contributed by atoms with E-state index in [1.165, 1.54) is 33.6 Å². The van der Waals surface area contributed by atoms with E-state index in [1.54, 1.807) is 18.7 Å². The molecule has 1 aromatic carbocycles. The van der Waals surface area contributed by atoms with Gasteiger partial charge in [-0.3, -0.25) is 9.59 Å². The summed E-state index contributed by atoms with van der Waals surface area (Å²) in [6.07, 6.45) is 0. The molecule has 164 valence electrons. The molecular formula is C21H25N5O2S3. The normalized spacial score (nSPS) is 12.0. The molecule has 2 heterocycles. The first kappa shape index (κ1) is 23.4. The van der Waals surface area contributed by atoms with Gasteiger partial charge < -0.3 is 15.6 Å². The van der Waals surface area contributed by atoms with E-state index in [2.05, 4.69) is 46.7 Å². The zero-order chi connectivity index (χ0) is 22.7. The molecular weight excluding hydrogens is 450 g/mol. The Morgan fingerprint density at radius 1 is 1.19 bits per heavy atom. The van der Waals surface area contributed by atoms with Crippen molar-refractivity contribution < 1.29 is 9.59 Å². The van der Waals surface area contributed by atoms with Gasteiger partial charge in [0.05, 0.1) is 16.6 Å². The fourth-order valence-electron chi connectivity index (χ4n) is 2.79. The van der Waals surface area contributed by atoms with Crippen LogP contribution < -0.4 is 11.1 Å². The molecule has 3 aromatic rings. The molecule has 3 rings (SSSR count). The van der Waals surface area contributed by atoms with Crippen molar-refractivity contribution in [1.29, 1.82) is 0 Å². The molecule has 2 aromatic heterocycles. The highest BCUT2D eigenvalue weighted by Crippen LogP contribution is 2.33. The monoisotopic (exact) mass is 475 g/mol. The van der Waals surface area contributed by atoms with Crippen molar-refractivity contribution in [3.63, 3.8) is 0 Å². The molecule has 7 nitrogen and oxygen atoms in total. The third kappa shape index (κ3) is 5.50. The average molecular weight is 476 g/mol. The lowest BCUT2D eigenvalue weighted by Crippen LogP contribution is -2.24. The summed E-state index contributed by atoms with van der Waals surface area (Å²) in [5.41, 5.74) is 7.90. The second kappa shape index (κ2) is 9.88. The van der Waals surface area contributed by atoms with Crippen molar-refractivity contribution in [3.8, 4) is 0 Å². The van der Waals surface area contributed by atoms with E-state index in [4.69, 9.17) is 5.73 Å². The number of thiophene rings is 1. The Balaban J connectivity index is 1.63. The number of benzene rings is 1. The summed E-state index contributed by atoms with van der Waals surface area (Å²) in [5, 5.41) is 12.1. The van der Waals surface area contributed by atoms with Crippen molar-refractivity contribution in [3.05, 3.63) is 51.7 Å². The van der Waals surface area contributed by atoms with E-state index in [0.717, 1.165) is 16.3 Å². The molecule has 0 spiro atoms. The Morgan fingerprint density at radius 2 is 1.87 bits per heavy atom. The molecule has 0 saturated heterocycles. The maximum atomic E-state index is 12.7. The van der Waals surface area contributed by atoms with E-state index < -0.39 is 11.2 Å². The van der Waals surface area contributed by atoms with E-state index in [9.17, 15) is 9.59 Å². The van der Waals surface area contributed by atoms with Crippen molar-refractivity contribution in [1.82, 2.24) is 14.8 Å². The van der Waals surface area contributed by atoms with E-state index in [-0.39, 0.29) is 5.91 Å². The molecule has 0 bridgehead atoms. The van der Waals surface area contributed by atoms with Crippen LogP contribution >= 0.6 is 34.9 Å². The van der Waals surface area contributed by atoms with Gasteiger partial charge in [-0.25, -0.2) is 0 Å². The molecule has 1 atom stereocenters. The largest absolute Gasteiger partial charge is 0.365 e. The number of carbonyl (C=O) groups is 2. The number of aryl methyl sites for hydroxylation is 2. The van der Waals surface area contributed by atoms with Crippen LogP contribution in [0.5, 0.6) is 0 Å². The Bertz CT molecular complexity index is 1110. The zero-order valence-corrected chi connectivity index (χ0v) is 20.5. The Morgan fingerprint density at radius 3 is 2.52 bits per heavy atom. The van der Waals surface area contributed by atoms with Crippen molar-refractivity contribution >= 4 is 51.7 Å². The molecule has 0 radical (unpaired) electrons. The van der Waals surface area contributed by atoms with E-state index >= 15 is 0 Å². The standard InChI is InChI=1S/C21H25N5O2S3/c1-11-6-8-15(9-7-11)29-10-16-24-25-21(26(16)5)31-14(4)19(28)23-20-17(18(22)27)12(2)13(3)30-20/h6-9,14H,10H2,1-5H3,(H2,22,27)(H,23,28). The second-order valence-corrected chi connectivity index (χ2v) is 10.7. The molecule has 0 fully saturated rings. The number of hydrogen-bond acceptors (Lipinski definition) is 7. The predicted molar refractivity (Wildman–Crippen MR) is 128 cm³/mol. The van der Waals surface area contributed by atoms with Crippen molar-refractivity contribution in [2.45, 2.75) is 48.7 Å². The first-order valence-corrected chi connectivity index (χ1v) is 12.3. The highest BCUT2D eigenvalue weighted by molar-refractivity contribution is 8.00. The number of anilines is 1. The highest BCUT2D eigenvalue weighted by Gasteiger charge is 2.23. The molecule has 0 aliphatic carbocycles. The number of thioether (sulfide) groups is 2. The predicted octanol–water partition coefficient (Wildman–Crippen LogP) is 4.31. The SMILES string of the molecule is Cc1ccc(SCc2nnc(SC(C)C(=O)Nc3sc(C)c(C)c3C(N)=O)n2C)cc1. The molecule has 3 N–H and O–H groups in total. The Labute approximate surface area is 194 Å². The van der Waals surface area contributed by atoms with Crippen LogP contribution in [-0.4, -0.2) is 31.8 Å². The summed E-state index contributed by atoms with van der Waals surface area (Å²) >= 11 is 4.37. The maximum absolute atomic E-state index is 12.7. The molecule has 2 amide bonds. The zero-order valence-electron chi connectivity index (χ0n) is 18.1.